The van der Waals surface area contributed by atoms with E-state index in [1.807, 2.05) is 0 Å². The smallest absolute Gasteiger partial charge is 0.335 e. The Bertz CT molecular complexity index is 1580. The van der Waals surface area contributed by atoms with Gasteiger partial charge in [-0.2, -0.15) is 0 Å². The van der Waals surface area contributed by atoms with Crippen LogP contribution < -0.4 is 13.8 Å². The molecular formula is C28H23FN2O6S. The lowest BCUT2D eigenvalue weighted by atomic mass is 10.1. The van der Waals surface area contributed by atoms with Gasteiger partial charge in [0.1, 0.15) is 23.9 Å². The zero-order valence-electron chi connectivity index (χ0n) is 20.1. The van der Waals surface area contributed by atoms with Gasteiger partial charge in [0.2, 0.25) is 0 Å². The lowest BCUT2D eigenvalue weighted by molar-refractivity contribution is 0.0696. The van der Waals surface area contributed by atoms with Gasteiger partial charge in [-0.15, -0.1) is 0 Å². The maximum Gasteiger partial charge on any atom is 0.335 e. The fourth-order valence-electron chi connectivity index (χ4n) is 4.10. The third-order valence-electron chi connectivity index (χ3n) is 6.05. The molecule has 1 aromatic heterocycles. The molecule has 4 aromatic rings. The first-order valence-electron chi connectivity index (χ1n) is 11.7. The highest BCUT2D eigenvalue weighted by molar-refractivity contribution is 7.92. The van der Waals surface area contributed by atoms with E-state index in [1.54, 1.807) is 48.7 Å². The number of sulfonamides is 1. The average molecular weight is 535 g/mol. The summed E-state index contributed by atoms with van der Waals surface area (Å²) in [6.07, 6.45) is 2.20. The summed E-state index contributed by atoms with van der Waals surface area (Å²) in [7, 11) is -4.26. The predicted octanol–water partition coefficient (Wildman–Crippen LogP) is 4.83. The van der Waals surface area contributed by atoms with Gasteiger partial charge in [0.05, 0.1) is 35.0 Å². The molecule has 38 heavy (non-hydrogen) atoms. The zero-order valence-corrected chi connectivity index (χ0v) is 20.9. The molecule has 2 heterocycles. The molecule has 0 amide bonds. The number of benzene rings is 3. The van der Waals surface area contributed by atoms with Gasteiger partial charge in [0.25, 0.3) is 10.0 Å². The highest BCUT2D eigenvalue weighted by Gasteiger charge is 2.30. The summed E-state index contributed by atoms with van der Waals surface area (Å²) >= 11 is 0. The van der Waals surface area contributed by atoms with Gasteiger partial charge in [-0.3, -0.25) is 9.29 Å². The van der Waals surface area contributed by atoms with Gasteiger partial charge in [-0.25, -0.2) is 17.6 Å². The molecule has 0 aliphatic carbocycles. The second-order valence-electron chi connectivity index (χ2n) is 8.61. The van der Waals surface area contributed by atoms with Crippen LogP contribution in [0.2, 0.25) is 0 Å². The molecule has 3 aromatic carbocycles. The quantitative estimate of drug-likeness (QED) is 0.328. The van der Waals surface area contributed by atoms with Crippen molar-refractivity contribution in [1.29, 1.82) is 0 Å². The number of anilines is 1. The van der Waals surface area contributed by atoms with Crippen molar-refractivity contribution in [3.8, 4) is 11.5 Å². The highest BCUT2D eigenvalue weighted by atomic mass is 32.2. The van der Waals surface area contributed by atoms with Crippen LogP contribution in [0.5, 0.6) is 11.5 Å². The number of hydrogen-bond donors (Lipinski definition) is 1. The van der Waals surface area contributed by atoms with E-state index in [4.69, 9.17) is 14.6 Å². The maximum atomic E-state index is 14.1. The molecular weight excluding hydrogens is 511 g/mol. The van der Waals surface area contributed by atoms with Crippen LogP contribution in [0.3, 0.4) is 0 Å². The summed E-state index contributed by atoms with van der Waals surface area (Å²) in [5, 5.41) is 9.15. The molecule has 0 unspecified atom stereocenters. The zero-order chi connectivity index (χ0) is 26.7. The number of nitrogens with zero attached hydrogens (tertiary/aromatic N) is 2. The van der Waals surface area contributed by atoms with Crippen molar-refractivity contribution < 1.29 is 32.2 Å². The van der Waals surface area contributed by atoms with E-state index in [-0.39, 0.29) is 35.0 Å². The second-order valence-corrected chi connectivity index (χ2v) is 10.5. The van der Waals surface area contributed by atoms with Gasteiger partial charge in [0, 0.05) is 24.2 Å². The van der Waals surface area contributed by atoms with E-state index in [9.17, 15) is 17.6 Å². The molecule has 0 fully saturated rings. The molecule has 194 valence electrons. The molecule has 1 aliphatic rings. The normalized spacial score (nSPS) is 12.4. The van der Waals surface area contributed by atoms with Crippen molar-refractivity contribution in [2.24, 2.45) is 0 Å². The van der Waals surface area contributed by atoms with Crippen LogP contribution in [0.15, 0.2) is 90.0 Å². The van der Waals surface area contributed by atoms with E-state index in [1.165, 1.54) is 30.3 Å². The second kappa shape index (κ2) is 10.5. The first-order chi connectivity index (χ1) is 18.3. The van der Waals surface area contributed by atoms with Crippen molar-refractivity contribution in [1.82, 2.24) is 4.98 Å². The minimum Gasteiger partial charge on any atom is -0.493 e. The van der Waals surface area contributed by atoms with Gasteiger partial charge >= 0.3 is 5.97 Å². The monoisotopic (exact) mass is 534 g/mol. The number of pyridine rings is 1. The van der Waals surface area contributed by atoms with Crippen LogP contribution >= 0.6 is 0 Å². The summed E-state index contributed by atoms with van der Waals surface area (Å²) < 4.78 is 54.8. The van der Waals surface area contributed by atoms with Crippen molar-refractivity contribution >= 4 is 21.7 Å². The molecule has 0 radical (unpaired) electrons. The molecule has 0 saturated carbocycles. The van der Waals surface area contributed by atoms with Gasteiger partial charge in [0.15, 0.2) is 0 Å². The Hall–Kier alpha value is -4.44. The van der Waals surface area contributed by atoms with Crippen LogP contribution in [0.1, 0.15) is 27.2 Å². The molecule has 0 saturated heterocycles. The highest BCUT2D eigenvalue weighted by Crippen LogP contribution is 2.41. The molecule has 10 heteroatoms. The molecule has 1 N–H and O–H groups in total. The Kier molecular flexibility index (Phi) is 6.97. The number of carbonyl (C=O) groups is 1. The largest absolute Gasteiger partial charge is 0.493 e. The fourth-order valence-corrected chi connectivity index (χ4v) is 5.57. The van der Waals surface area contributed by atoms with E-state index in [0.717, 1.165) is 15.9 Å². The number of aromatic nitrogens is 1. The van der Waals surface area contributed by atoms with E-state index in [0.29, 0.717) is 30.0 Å². The van der Waals surface area contributed by atoms with Crippen LogP contribution in [0.4, 0.5) is 10.1 Å². The molecule has 5 rings (SSSR count). The Morgan fingerprint density at radius 3 is 2.58 bits per heavy atom. The number of aromatic carboxylic acids is 1. The number of ether oxygens (including phenoxy) is 2. The summed E-state index contributed by atoms with van der Waals surface area (Å²) in [4.78, 5) is 15.2. The standard InChI is InChI=1S/C28H23FN2O6S/c29-22-4-3-6-24(15-22)38(34,35)31(17-23-5-1-2-12-30-23)25-16-26-21(11-13-36-26)14-27(25)37-18-19-7-9-20(10-8-19)28(32)33/h1-10,12,14-16H,11,13,17-18H2,(H,32,33). The number of halogens is 1. The van der Waals surface area contributed by atoms with Crippen LogP contribution in [-0.2, 0) is 29.6 Å². The Labute approximate surface area is 219 Å². The summed E-state index contributed by atoms with van der Waals surface area (Å²) in [5.41, 5.74) is 2.39. The topological polar surface area (TPSA) is 106 Å². The lowest BCUT2D eigenvalue weighted by Crippen LogP contribution is -2.31. The predicted molar refractivity (Wildman–Crippen MR) is 137 cm³/mol. The average Bonchev–Trinajstić information content (AvgIpc) is 3.38. The molecule has 0 spiro atoms. The third kappa shape index (κ3) is 5.30. The van der Waals surface area contributed by atoms with Gasteiger partial charge in [-0.1, -0.05) is 24.3 Å². The van der Waals surface area contributed by atoms with Crippen LogP contribution in [-0.4, -0.2) is 31.1 Å². The molecule has 0 bridgehead atoms. The summed E-state index contributed by atoms with van der Waals surface area (Å²) in [6, 6.07) is 19.6. The van der Waals surface area contributed by atoms with E-state index < -0.39 is 21.8 Å². The minimum atomic E-state index is -4.26. The number of fused-ring (bicyclic) bond motifs is 1. The van der Waals surface area contributed by atoms with Crippen molar-refractivity contribution in [2.45, 2.75) is 24.5 Å². The Morgan fingerprint density at radius 1 is 1.05 bits per heavy atom. The molecule has 1 aliphatic heterocycles. The maximum absolute atomic E-state index is 14.1. The van der Waals surface area contributed by atoms with Gasteiger partial charge in [-0.05, 0) is 54.1 Å². The number of hydrogen-bond acceptors (Lipinski definition) is 6. The lowest BCUT2D eigenvalue weighted by Gasteiger charge is -2.27. The van der Waals surface area contributed by atoms with Crippen molar-refractivity contribution in [2.75, 3.05) is 10.9 Å². The number of carboxylic acid groups (broad SMARTS) is 1. The fraction of sp³-hybridized carbons (Fsp3) is 0.143. The molecule has 0 atom stereocenters. The summed E-state index contributed by atoms with van der Waals surface area (Å²) in [6.45, 7) is 0.373. The Balaban J connectivity index is 1.57. The number of carboxylic acids is 1. The van der Waals surface area contributed by atoms with Crippen LogP contribution in [0, 0.1) is 5.82 Å². The van der Waals surface area contributed by atoms with E-state index >= 15 is 0 Å². The Morgan fingerprint density at radius 2 is 1.87 bits per heavy atom. The van der Waals surface area contributed by atoms with E-state index in [2.05, 4.69) is 4.98 Å². The first-order valence-corrected chi connectivity index (χ1v) is 13.2. The third-order valence-corrected chi connectivity index (χ3v) is 7.81. The summed E-state index contributed by atoms with van der Waals surface area (Å²) in [5.74, 6) is -0.889. The first kappa shape index (κ1) is 25.2. The van der Waals surface area contributed by atoms with Crippen LogP contribution in [0.25, 0.3) is 0 Å². The minimum absolute atomic E-state index is 0.0595. The van der Waals surface area contributed by atoms with Gasteiger partial charge < -0.3 is 14.6 Å². The van der Waals surface area contributed by atoms with Crippen molar-refractivity contribution in [3.63, 3.8) is 0 Å². The molecule has 8 nitrogen and oxygen atoms in total. The number of rotatable bonds is 9. The SMILES string of the molecule is O=C(O)c1ccc(COc2cc3c(cc2N(Cc2ccccn2)S(=O)(=O)c2cccc(F)c2)OCC3)cc1. The van der Waals surface area contributed by atoms with Crippen molar-refractivity contribution in [3.05, 3.63) is 113 Å².